The van der Waals surface area contributed by atoms with Gasteiger partial charge in [0, 0.05) is 11.8 Å². The van der Waals surface area contributed by atoms with Crippen LogP contribution >= 0.6 is 0 Å². The lowest BCUT2D eigenvalue weighted by Crippen LogP contribution is -2.06. The lowest BCUT2D eigenvalue weighted by Gasteiger charge is -2.06. The summed E-state index contributed by atoms with van der Waals surface area (Å²) in [5.74, 6) is 1.63. The second kappa shape index (κ2) is 3.92. The molecule has 0 spiro atoms. The quantitative estimate of drug-likeness (QED) is 0.830. The average Bonchev–Trinajstić information content (AvgIpc) is 2.71. The molecule has 0 atom stereocenters. The summed E-state index contributed by atoms with van der Waals surface area (Å²) in [6.07, 6.45) is 3.35. The molecule has 0 fully saturated rings. The first-order valence-corrected chi connectivity index (χ1v) is 5.22. The zero-order valence-corrected chi connectivity index (χ0v) is 9.68. The van der Waals surface area contributed by atoms with Crippen molar-refractivity contribution in [2.24, 2.45) is 0 Å². The van der Waals surface area contributed by atoms with Crippen molar-refractivity contribution in [1.29, 1.82) is 0 Å². The van der Waals surface area contributed by atoms with Gasteiger partial charge in [0.05, 0.1) is 5.69 Å². The van der Waals surface area contributed by atoms with E-state index in [-0.39, 0.29) is 0 Å². The molecule has 2 heterocycles. The molecule has 0 radical (unpaired) electrons. The van der Waals surface area contributed by atoms with E-state index in [4.69, 9.17) is 5.73 Å². The fraction of sp³-hybridized carbons (Fsp3) is 0.364. The summed E-state index contributed by atoms with van der Waals surface area (Å²) >= 11 is 0. The van der Waals surface area contributed by atoms with Crippen LogP contribution in [-0.4, -0.2) is 19.7 Å². The van der Waals surface area contributed by atoms with Gasteiger partial charge in [-0.25, -0.2) is 14.6 Å². The van der Waals surface area contributed by atoms with Gasteiger partial charge in [0.25, 0.3) is 0 Å². The summed E-state index contributed by atoms with van der Waals surface area (Å²) in [5, 5.41) is 4.45. The van der Waals surface area contributed by atoms with Crippen LogP contribution in [0.4, 0.5) is 5.82 Å². The van der Waals surface area contributed by atoms with E-state index in [1.54, 1.807) is 4.68 Å². The van der Waals surface area contributed by atoms with Gasteiger partial charge < -0.3 is 5.73 Å². The van der Waals surface area contributed by atoms with Gasteiger partial charge in [-0.3, -0.25) is 0 Å². The molecule has 2 aromatic rings. The summed E-state index contributed by atoms with van der Waals surface area (Å²) in [7, 11) is 0. The molecule has 0 aliphatic carbocycles. The maximum atomic E-state index is 5.73. The van der Waals surface area contributed by atoms with Crippen molar-refractivity contribution in [2.45, 2.75) is 26.7 Å². The second-order valence-corrected chi connectivity index (χ2v) is 4.05. The van der Waals surface area contributed by atoms with E-state index in [1.807, 2.05) is 19.2 Å². The fourth-order valence-corrected chi connectivity index (χ4v) is 1.45. The van der Waals surface area contributed by atoms with Crippen LogP contribution in [-0.2, 0) is 0 Å². The van der Waals surface area contributed by atoms with Crippen LogP contribution in [0.15, 0.2) is 18.6 Å². The molecule has 0 bridgehead atoms. The van der Waals surface area contributed by atoms with Gasteiger partial charge in [-0.2, -0.15) is 5.10 Å². The molecule has 84 valence electrons. The lowest BCUT2D eigenvalue weighted by molar-refractivity contribution is 0.753. The molecule has 0 saturated carbocycles. The summed E-state index contributed by atoms with van der Waals surface area (Å²) in [6, 6.07) is 1.99. The van der Waals surface area contributed by atoms with Crippen molar-refractivity contribution in [3.05, 3.63) is 29.8 Å². The normalized spacial score (nSPS) is 11.0. The molecule has 2 N–H and O–H groups in total. The molecule has 0 aliphatic heterocycles. The van der Waals surface area contributed by atoms with E-state index in [0.29, 0.717) is 11.7 Å². The fourth-order valence-electron chi connectivity index (χ4n) is 1.45. The standard InChI is InChI=1S/C11H15N5/c1-7(2)9-4-5-16(15-9)11-8(3)10(12)13-6-14-11/h4-7H,1-3H3,(H2,12,13,14). The molecule has 16 heavy (non-hydrogen) atoms. The van der Waals surface area contributed by atoms with E-state index in [2.05, 4.69) is 28.9 Å². The van der Waals surface area contributed by atoms with Crippen LogP contribution in [0.1, 0.15) is 31.0 Å². The monoisotopic (exact) mass is 217 g/mol. The molecular weight excluding hydrogens is 202 g/mol. The SMILES string of the molecule is Cc1c(N)ncnc1-n1ccc(C(C)C)n1. The second-order valence-electron chi connectivity index (χ2n) is 4.05. The Kier molecular flexibility index (Phi) is 2.60. The van der Waals surface area contributed by atoms with Crippen LogP contribution in [0.2, 0.25) is 0 Å². The first-order valence-electron chi connectivity index (χ1n) is 5.22. The topological polar surface area (TPSA) is 69.6 Å². The lowest BCUT2D eigenvalue weighted by atomic mass is 10.1. The summed E-state index contributed by atoms with van der Waals surface area (Å²) in [4.78, 5) is 8.12. The number of nitrogen functional groups attached to an aromatic ring is 1. The van der Waals surface area contributed by atoms with Crippen LogP contribution in [0.25, 0.3) is 5.82 Å². The van der Waals surface area contributed by atoms with Crippen molar-refractivity contribution in [1.82, 2.24) is 19.7 Å². The first-order chi connectivity index (χ1) is 7.59. The Hall–Kier alpha value is -1.91. The van der Waals surface area contributed by atoms with Crippen LogP contribution in [0.5, 0.6) is 0 Å². The largest absolute Gasteiger partial charge is 0.383 e. The predicted molar refractivity (Wildman–Crippen MR) is 62.4 cm³/mol. The van der Waals surface area contributed by atoms with Crippen molar-refractivity contribution >= 4 is 5.82 Å². The van der Waals surface area contributed by atoms with Crippen molar-refractivity contribution in [2.75, 3.05) is 5.73 Å². The van der Waals surface area contributed by atoms with Crippen LogP contribution in [0.3, 0.4) is 0 Å². The van der Waals surface area contributed by atoms with Crippen molar-refractivity contribution in [3.63, 3.8) is 0 Å². The Balaban J connectivity index is 2.47. The van der Waals surface area contributed by atoms with E-state index in [0.717, 1.165) is 17.1 Å². The minimum Gasteiger partial charge on any atom is -0.383 e. The van der Waals surface area contributed by atoms with Gasteiger partial charge in [-0.1, -0.05) is 13.8 Å². The predicted octanol–water partition coefficient (Wildman–Crippen LogP) is 1.68. The Morgan fingerprint density at radius 2 is 2.06 bits per heavy atom. The molecule has 2 rings (SSSR count). The molecular formula is C11H15N5. The molecule has 5 nitrogen and oxygen atoms in total. The summed E-state index contributed by atoms with van der Waals surface area (Å²) in [6.45, 7) is 6.10. The molecule has 0 unspecified atom stereocenters. The highest BCUT2D eigenvalue weighted by atomic mass is 15.3. The molecule has 0 saturated heterocycles. The molecule has 2 aromatic heterocycles. The van der Waals surface area contributed by atoms with Gasteiger partial charge >= 0.3 is 0 Å². The van der Waals surface area contributed by atoms with E-state index in [1.165, 1.54) is 6.33 Å². The third kappa shape index (κ3) is 1.76. The highest BCUT2D eigenvalue weighted by Crippen LogP contribution is 2.16. The number of nitrogens with zero attached hydrogens (tertiary/aromatic N) is 4. The maximum absolute atomic E-state index is 5.73. The third-order valence-corrected chi connectivity index (χ3v) is 2.51. The zero-order valence-electron chi connectivity index (χ0n) is 9.68. The number of aromatic nitrogens is 4. The maximum Gasteiger partial charge on any atom is 0.161 e. The van der Waals surface area contributed by atoms with Gasteiger partial charge in [0.15, 0.2) is 5.82 Å². The highest BCUT2D eigenvalue weighted by Gasteiger charge is 2.09. The number of rotatable bonds is 2. The summed E-state index contributed by atoms with van der Waals surface area (Å²) in [5.41, 5.74) is 7.62. The molecule has 0 aromatic carbocycles. The van der Waals surface area contributed by atoms with Crippen molar-refractivity contribution in [3.8, 4) is 5.82 Å². The number of hydrogen-bond donors (Lipinski definition) is 1. The van der Waals surface area contributed by atoms with Gasteiger partial charge in [-0.15, -0.1) is 0 Å². The third-order valence-electron chi connectivity index (χ3n) is 2.51. The minimum atomic E-state index is 0.403. The average molecular weight is 217 g/mol. The van der Waals surface area contributed by atoms with E-state index in [9.17, 15) is 0 Å². The first kappa shape index (κ1) is 10.6. The molecule has 0 aliphatic rings. The zero-order chi connectivity index (χ0) is 11.7. The Morgan fingerprint density at radius 1 is 1.31 bits per heavy atom. The van der Waals surface area contributed by atoms with Crippen molar-refractivity contribution < 1.29 is 0 Å². The number of hydrogen-bond acceptors (Lipinski definition) is 4. The van der Waals surface area contributed by atoms with Crippen LogP contribution < -0.4 is 5.73 Å². The molecule has 0 amide bonds. The van der Waals surface area contributed by atoms with Gasteiger partial charge in [0.2, 0.25) is 0 Å². The van der Waals surface area contributed by atoms with Crippen LogP contribution in [0, 0.1) is 6.92 Å². The minimum absolute atomic E-state index is 0.403. The Labute approximate surface area is 94.3 Å². The van der Waals surface area contributed by atoms with E-state index >= 15 is 0 Å². The van der Waals surface area contributed by atoms with E-state index < -0.39 is 0 Å². The van der Waals surface area contributed by atoms with Gasteiger partial charge in [-0.05, 0) is 18.9 Å². The Morgan fingerprint density at radius 3 is 2.69 bits per heavy atom. The number of nitrogens with two attached hydrogens (primary N) is 1. The Bertz CT molecular complexity index is 501. The molecule has 5 heteroatoms. The van der Waals surface area contributed by atoms with Gasteiger partial charge in [0.1, 0.15) is 12.1 Å². The smallest absolute Gasteiger partial charge is 0.161 e. The number of anilines is 1. The highest BCUT2D eigenvalue weighted by molar-refractivity contribution is 5.46. The summed E-state index contributed by atoms with van der Waals surface area (Å²) < 4.78 is 1.74.